The van der Waals surface area contributed by atoms with Crippen molar-refractivity contribution < 1.29 is 14.3 Å². The second-order valence-corrected chi connectivity index (χ2v) is 10.8. The summed E-state index contributed by atoms with van der Waals surface area (Å²) in [6.07, 6.45) is 2.33. The number of Topliss-reactive ketones (excluding diaryl/α,β-unsaturated/α-hetero) is 1. The van der Waals surface area contributed by atoms with Crippen molar-refractivity contribution in [3.8, 4) is 22.3 Å². The van der Waals surface area contributed by atoms with Gasteiger partial charge in [0.15, 0.2) is 5.78 Å². The Bertz CT molecular complexity index is 1480. The van der Waals surface area contributed by atoms with E-state index in [0.717, 1.165) is 59.0 Å². The summed E-state index contributed by atoms with van der Waals surface area (Å²) in [5.41, 5.74) is 13.2. The molecule has 5 nitrogen and oxygen atoms in total. The molecule has 4 aromatic carbocycles. The van der Waals surface area contributed by atoms with E-state index in [1.165, 1.54) is 16.7 Å². The van der Waals surface area contributed by atoms with Crippen LogP contribution in [0.5, 0.6) is 0 Å². The van der Waals surface area contributed by atoms with E-state index in [1.807, 2.05) is 17.0 Å². The number of benzene rings is 4. The fourth-order valence-corrected chi connectivity index (χ4v) is 5.64. The topological polar surface area (TPSA) is 72.6 Å². The molecule has 1 aliphatic rings. The normalized spacial score (nSPS) is 14.0. The molecule has 2 N–H and O–H groups in total. The van der Waals surface area contributed by atoms with E-state index in [4.69, 9.17) is 10.5 Å². The molecular formula is C35H38N2O3. The fraction of sp³-hybridized carbons (Fsp3) is 0.314. The number of carbonyl (C=O) groups excluding carboxylic acids is 2. The van der Waals surface area contributed by atoms with Crippen molar-refractivity contribution in [1.82, 2.24) is 4.90 Å². The Morgan fingerprint density at radius 2 is 1.52 bits per heavy atom. The lowest BCUT2D eigenvalue weighted by Gasteiger charge is -2.32. The van der Waals surface area contributed by atoms with E-state index in [1.54, 1.807) is 6.92 Å². The zero-order valence-electron chi connectivity index (χ0n) is 23.5. The highest BCUT2D eigenvalue weighted by Gasteiger charge is 2.23. The lowest BCUT2D eigenvalue weighted by Crippen LogP contribution is -2.38. The van der Waals surface area contributed by atoms with E-state index in [0.29, 0.717) is 32.1 Å². The molecule has 1 amide bonds. The maximum atomic E-state index is 12.5. The number of hydrogen-bond donors (Lipinski definition) is 1. The number of hydrogen-bond acceptors (Lipinski definition) is 4. The summed E-state index contributed by atoms with van der Waals surface area (Å²) < 4.78 is 5.37. The van der Waals surface area contributed by atoms with Crippen LogP contribution in [0.15, 0.2) is 78.9 Å². The van der Waals surface area contributed by atoms with E-state index in [2.05, 4.69) is 73.7 Å². The molecular weight excluding hydrogens is 496 g/mol. The molecule has 0 spiro atoms. The van der Waals surface area contributed by atoms with Crippen LogP contribution in [0.4, 0.5) is 0 Å². The Balaban J connectivity index is 1.34. The zero-order valence-corrected chi connectivity index (χ0v) is 23.5. The first-order valence-corrected chi connectivity index (χ1v) is 14.2. The number of nitrogens with two attached hydrogens (primary N) is 1. The number of likely N-dealkylation sites (tertiary alicyclic amines) is 1. The number of rotatable bonds is 9. The van der Waals surface area contributed by atoms with Gasteiger partial charge in [0.1, 0.15) is 0 Å². The molecule has 1 saturated heterocycles. The summed E-state index contributed by atoms with van der Waals surface area (Å²) in [4.78, 5) is 26.9. The maximum absolute atomic E-state index is 12.5. The van der Waals surface area contributed by atoms with Crippen LogP contribution >= 0.6 is 0 Å². The molecule has 5 heteroatoms. The first-order chi connectivity index (χ1) is 19.4. The monoisotopic (exact) mass is 534 g/mol. The second-order valence-electron chi connectivity index (χ2n) is 10.8. The van der Waals surface area contributed by atoms with Crippen molar-refractivity contribution in [2.24, 2.45) is 5.73 Å². The minimum atomic E-state index is 0.0627. The van der Waals surface area contributed by atoms with Crippen LogP contribution in [0.1, 0.15) is 53.6 Å². The summed E-state index contributed by atoms with van der Waals surface area (Å²) in [6, 6.07) is 27.9. The third kappa shape index (κ3) is 6.33. The van der Waals surface area contributed by atoms with Gasteiger partial charge in [-0.1, -0.05) is 66.2 Å². The molecule has 0 radical (unpaired) electrons. The minimum Gasteiger partial charge on any atom is -0.380 e. The highest BCUT2D eigenvalue weighted by Crippen LogP contribution is 2.35. The maximum Gasteiger partial charge on any atom is 0.224 e. The predicted molar refractivity (Wildman–Crippen MR) is 163 cm³/mol. The van der Waals surface area contributed by atoms with Crippen LogP contribution in [0.25, 0.3) is 33.0 Å². The first-order valence-electron chi connectivity index (χ1n) is 14.2. The Morgan fingerprint density at radius 3 is 2.20 bits per heavy atom. The van der Waals surface area contributed by atoms with Gasteiger partial charge in [0, 0.05) is 25.2 Å². The third-order valence-electron chi connectivity index (χ3n) is 8.01. The minimum absolute atomic E-state index is 0.0627. The van der Waals surface area contributed by atoms with Crippen molar-refractivity contribution in [1.29, 1.82) is 0 Å². The van der Waals surface area contributed by atoms with Gasteiger partial charge in [-0.05, 0) is 89.4 Å². The number of ether oxygens (including phenoxy) is 1. The average Bonchev–Trinajstić information content (AvgIpc) is 2.99. The largest absolute Gasteiger partial charge is 0.380 e. The Kier molecular flexibility index (Phi) is 8.73. The van der Waals surface area contributed by atoms with Crippen molar-refractivity contribution in [3.05, 3.63) is 95.6 Å². The second kappa shape index (κ2) is 12.6. The molecule has 1 heterocycles. The average molecular weight is 535 g/mol. The number of piperidine rings is 1. The van der Waals surface area contributed by atoms with Gasteiger partial charge in [0.05, 0.1) is 19.6 Å². The lowest BCUT2D eigenvalue weighted by molar-refractivity contribution is -0.133. The van der Waals surface area contributed by atoms with Gasteiger partial charge in [-0.3, -0.25) is 9.59 Å². The van der Waals surface area contributed by atoms with E-state index in [-0.39, 0.29) is 11.7 Å². The number of fused-ring (bicyclic) bond motifs is 1. The van der Waals surface area contributed by atoms with Crippen LogP contribution in [0, 0.1) is 6.92 Å². The van der Waals surface area contributed by atoms with Gasteiger partial charge in [0.25, 0.3) is 0 Å². The first kappa shape index (κ1) is 27.8. The van der Waals surface area contributed by atoms with Gasteiger partial charge < -0.3 is 15.4 Å². The Labute approximate surface area is 237 Å². The Morgan fingerprint density at radius 1 is 0.850 bits per heavy atom. The van der Waals surface area contributed by atoms with E-state index >= 15 is 0 Å². The molecule has 0 aliphatic carbocycles. The van der Waals surface area contributed by atoms with E-state index < -0.39 is 0 Å². The van der Waals surface area contributed by atoms with Gasteiger partial charge >= 0.3 is 0 Å². The van der Waals surface area contributed by atoms with Gasteiger partial charge in [0.2, 0.25) is 5.91 Å². The summed E-state index contributed by atoms with van der Waals surface area (Å²) in [5.74, 6) is 0.658. The summed E-state index contributed by atoms with van der Waals surface area (Å²) in [6.45, 7) is 6.67. The SMILES string of the molecule is CC(=O)c1cc(-c2ccc(C3CCN(C(=O)CCOCCN)CC3)cc2)c2ccc(-c3ccc(C)cc3)cc2c1. The molecule has 0 aromatic heterocycles. The molecule has 206 valence electrons. The number of nitrogens with zero attached hydrogens (tertiary/aromatic N) is 1. The summed E-state index contributed by atoms with van der Waals surface area (Å²) >= 11 is 0. The smallest absolute Gasteiger partial charge is 0.224 e. The van der Waals surface area contributed by atoms with Gasteiger partial charge in [-0.2, -0.15) is 0 Å². The predicted octanol–water partition coefficient (Wildman–Crippen LogP) is 6.76. The number of carbonyl (C=O) groups is 2. The third-order valence-corrected chi connectivity index (χ3v) is 8.01. The zero-order chi connectivity index (χ0) is 28.1. The fourth-order valence-electron chi connectivity index (χ4n) is 5.64. The quantitative estimate of drug-likeness (QED) is 0.190. The lowest BCUT2D eigenvalue weighted by atomic mass is 9.87. The van der Waals surface area contributed by atoms with Gasteiger partial charge in [-0.25, -0.2) is 0 Å². The molecule has 0 unspecified atom stereocenters. The molecule has 4 aromatic rings. The molecule has 40 heavy (non-hydrogen) atoms. The molecule has 0 saturated carbocycles. The van der Waals surface area contributed by atoms with Crippen LogP contribution in [0.2, 0.25) is 0 Å². The van der Waals surface area contributed by atoms with Crippen molar-refractivity contribution in [2.45, 2.75) is 39.0 Å². The van der Waals surface area contributed by atoms with Crippen LogP contribution in [-0.2, 0) is 9.53 Å². The summed E-state index contributed by atoms with van der Waals surface area (Å²) in [7, 11) is 0. The number of amides is 1. The van der Waals surface area contributed by atoms with Gasteiger partial charge in [-0.15, -0.1) is 0 Å². The van der Waals surface area contributed by atoms with Crippen molar-refractivity contribution in [2.75, 3.05) is 32.8 Å². The molecule has 1 aliphatic heterocycles. The molecule has 1 fully saturated rings. The van der Waals surface area contributed by atoms with Crippen LogP contribution in [0.3, 0.4) is 0 Å². The van der Waals surface area contributed by atoms with Crippen LogP contribution in [-0.4, -0.2) is 49.4 Å². The molecule has 0 atom stereocenters. The Hall–Kier alpha value is -3.80. The molecule has 5 rings (SSSR count). The van der Waals surface area contributed by atoms with E-state index in [9.17, 15) is 9.59 Å². The number of aryl methyl sites for hydroxylation is 1. The summed E-state index contributed by atoms with van der Waals surface area (Å²) in [5, 5.41) is 2.20. The van der Waals surface area contributed by atoms with Crippen molar-refractivity contribution in [3.63, 3.8) is 0 Å². The van der Waals surface area contributed by atoms with Crippen molar-refractivity contribution >= 4 is 22.5 Å². The van der Waals surface area contributed by atoms with Crippen LogP contribution < -0.4 is 5.73 Å². The number of ketones is 1. The molecule has 0 bridgehead atoms. The highest BCUT2D eigenvalue weighted by atomic mass is 16.5. The highest BCUT2D eigenvalue weighted by molar-refractivity contribution is 6.05. The standard InChI is InChI=1S/C35H38N2O3/c1-24-3-5-27(6-4-24)30-11-12-33-32(21-30)22-31(25(2)38)23-34(33)29-9-7-26(8-10-29)28-13-17-37(18-14-28)35(39)15-19-40-20-16-36/h3-12,21-23,28H,13-20,36H2,1-2H3.